The second kappa shape index (κ2) is 5.91. The van der Waals surface area contributed by atoms with Crippen LogP contribution in [-0.2, 0) is 16.7 Å². The Balaban J connectivity index is 2.24. The highest BCUT2D eigenvalue weighted by Crippen LogP contribution is 2.32. The van der Waals surface area contributed by atoms with Gasteiger partial charge in [0.25, 0.3) is 0 Å². The first kappa shape index (κ1) is 16.8. The minimum atomic E-state index is -0.510. The lowest BCUT2D eigenvalue weighted by Gasteiger charge is -2.43. The van der Waals surface area contributed by atoms with Gasteiger partial charge >= 0.3 is 6.09 Å². The fourth-order valence-electron chi connectivity index (χ4n) is 3.16. The monoisotopic (exact) mass is 308 g/mol. The lowest BCUT2D eigenvalue weighted by molar-refractivity contribution is 0.0434. The van der Waals surface area contributed by atoms with Crippen molar-refractivity contribution >= 4 is 6.09 Å². The van der Waals surface area contributed by atoms with Crippen LogP contribution in [0.25, 0.3) is 0 Å². The fraction of sp³-hybridized carbons (Fsp3) is 0.750. The number of ether oxygens (including phenoxy) is 1. The normalized spacial score (nSPS) is 23.0. The first-order chi connectivity index (χ1) is 10.1. The van der Waals surface area contributed by atoms with Crippen LogP contribution in [0, 0.1) is 5.92 Å². The Morgan fingerprint density at radius 3 is 2.73 bits per heavy atom. The number of nitrogens with one attached hydrogen (secondary N) is 3. The van der Waals surface area contributed by atoms with Gasteiger partial charge in [0.05, 0.1) is 23.6 Å². The van der Waals surface area contributed by atoms with Crippen molar-refractivity contribution in [3.05, 3.63) is 17.7 Å². The summed E-state index contributed by atoms with van der Waals surface area (Å²) in [5, 5.41) is 6.57. The number of nitrogens with zero attached hydrogens (tertiary/aromatic N) is 1. The molecule has 0 radical (unpaired) electrons. The summed E-state index contributed by atoms with van der Waals surface area (Å²) in [6, 6.07) is -0.121. The van der Waals surface area contributed by atoms with Crippen LogP contribution in [0.3, 0.4) is 0 Å². The van der Waals surface area contributed by atoms with E-state index in [-0.39, 0.29) is 12.0 Å². The maximum absolute atomic E-state index is 12.2. The van der Waals surface area contributed by atoms with E-state index in [9.17, 15) is 4.79 Å². The molecule has 1 aromatic heterocycles. The van der Waals surface area contributed by atoms with Crippen LogP contribution in [0.15, 0.2) is 6.33 Å². The summed E-state index contributed by atoms with van der Waals surface area (Å²) in [6.07, 6.45) is 2.25. The molecule has 1 aliphatic rings. The highest BCUT2D eigenvalue weighted by Gasteiger charge is 2.43. The number of alkyl carbamates (subject to hydrolysis) is 1. The van der Waals surface area contributed by atoms with Crippen molar-refractivity contribution in [2.45, 2.75) is 65.1 Å². The summed E-state index contributed by atoms with van der Waals surface area (Å²) in [7, 11) is 0. The van der Waals surface area contributed by atoms with E-state index < -0.39 is 17.2 Å². The maximum Gasteiger partial charge on any atom is 0.407 e. The number of hydrogen-bond acceptors (Lipinski definition) is 4. The molecule has 0 aromatic carbocycles. The van der Waals surface area contributed by atoms with Gasteiger partial charge < -0.3 is 20.4 Å². The van der Waals surface area contributed by atoms with Crippen LogP contribution in [0.5, 0.6) is 0 Å². The van der Waals surface area contributed by atoms with Gasteiger partial charge in [-0.2, -0.15) is 0 Å². The van der Waals surface area contributed by atoms with E-state index in [1.807, 2.05) is 20.8 Å². The summed E-state index contributed by atoms with van der Waals surface area (Å²) in [6.45, 7) is 12.7. The van der Waals surface area contributed by atoms with Crippen LogP contribution in [0.4, 0.5) is 4.79 Å². The lowest BCUT2D eigenvalue weighted by atomic mass is 9.79. The maximum atomic E-state index is 12.2. The molecule has 0 saturated heterocycles. The number of carbonyl (C=O) groups is 1. The van der Waals surface area contributed by atoms with E-state index >= 15 is 0 Å². The highest BCUT2D eigenvalue weighted by atomic mass is 16.6. The molecule has 1 amide bonds. The third-order valence-corrected chi connectivity index (χ3v) is 4.04. The minimum Gasteiger partial charge on any atom is -0.444 e. The SMILES string of the molecule is CC(C)C(NC(=O)OC(C)(C)C)C1(C)NCCc2[nH]cnc21. The van der Waals surface area contributed by atoms with Gasteiger partial charge in [-0.1, -0.05) is 13.8 Å². The zero-order chi connectivity index (χ0) is 16.5. The quantitative estimate of drug-likeness (QED) is 0.800. The van der Waals surface area contributed by atoms with Crippen LogP contribution >= 0.6 is 0 Å². The van der Waals surface area contributed by atoms with Crippen LogP contribution < -0.4 is 10.6 Å². The largest absolute Gasteiger partial charge is 0.444 e. The number of hydrogen-bond donors (Lipinski definition) is 3. The second-order valence-corrected chi connectivity index (χ2v) is 7.48. The molecule has 0 aliphatic carbocycles. The zero-order valence-corrected chi connectivity index (χ0v) is 14.4. The average Bonchev–Trinajstić information content (AvgIpc) is 2.83. The molecule has 0 bridgehead atoms. The van der Waals surface area contributed by atoms with E-state index in [1.165, 1.54) is 0 Å². The molecule has 124 valence electrons. The van der Waals surface area contributed by atoms with Crippen LogP contribution in [0.1, 0.15) is 52.9 Å². The molecule has 0 fully saturated rings. The van der Waals surface area contributed by atoms with Crippen molar-refractivity contribution in [1.82, 2.24) is 20.6 Å². The third kappa shape index (κ3) is 3.43. The molecule has 6 nitrogen and oxygen atoms in total. The number of H-pyrrole nitrogens is 1. The van der Waals surface area contributed by atoms with Gasteiger partial charge in [-0.25, -0.2) is 9.78 Å². The smallest absolute Gasteiger partial charge is 0.407 e. The van der Waals surface area contributed by atoms with Crippen LogP contribution in [0.2, 0.25) is 0 Å². The Morgan fingerprint density at radius 1 is 1.45 bits per heavy atom. The van der Waals surface area contributed by atoms with Crippen molar-refractivity contribution < 1.29 is 9.53 Å². The minimum absolute atomic E-state index is 0.121. The second-order valence-electron chi connectivity index (χ2n) is 7.48. The van der Waals surface area contributed by atoms with E-state index in [0.29, 0.717) is 0 Å². The molecule has 0 saturated carbocycles. The molecule has 3 N–H and O–H groups in total. The van der Waals surface area contributed by atoms with Crippen molar-refractivity contribution in [2.24, 2.45) is 5.92 Å². The summed E-state index contributed by atoms with van der Waals surface area (Å²) in [5.41, 5.74) is 1.19. The lowest BCUT2D eigenvalue weighted by Crippen LogP contribution is -2.61. The summed E-state index contributed by atoms with van der Waals surface area (Å²) >= 11 is 0. The Hall–Kier alpha value is -1.56. The number of aromatic nitrogens is 2. The van der Waals surface area contributed by atoms with Crippen molar-refractivity contribution in [2.75, 3.05) is 6.54 Å². The van der Waals surface area contributed by atoms with E-state index in [4.69, 9.17) is 4.74 Å². The fourth-order valence-corrected chi connectivity index (χ4v) is 3.16. The Bertz CT molecular complexity index is 532. The van der Waals surface area contributed by atoms with Gasteiger partial charge in [-0.05, 0) is 33.6 Å². The van der Waals surface area contributed by atoms with Crippen LogP contribution in [-0.4, -0.2) is 34.2 Å². The average molecular weight is 308 g/mol. The zero-order valence-electron chi connectivity index (χ0n) is 14.4. The molecule has 2 rings (SSSR count). The van der Waals surface area contributed by atoms with Gasteiger partial charge in [0.1, 0.15) is 5.60 Å². The van der Waals surface area contributed by atoms with Gasteiger partial charge in [-0.15, -0.1) is 0 Å². The molecule has 6 heteroatoms. The number of imidazole rings is 1. The highest BCUT2D eigenvalue weighted by molar-refractivity contribution is 5.68. The predicted molar refractivity (Wildman–Crippen MR) is 85.6 cm³/mol. The molecule has 1 aliphatic heterocycles. The predicted octanol–water partition coefficient (Wildman–Crippen LogP) is 2.32. The number of aromatic amines is 1. The molecule has 0 spiro atoms. The molecule has 22 heavy (non-hydrogen) atoms. The Labute approximate surface area is 132 Å². The number of carbonyl (C=O) groups excluding carboxylic acids is 1. The Kier molecular flexibility index (Phi) is 4.52. The molecule has 2 unspecified atom stereocenters. The summed E-state index contributed by atoms with van der Waals surface area (Å²) < 4.78 is 5.42. The van der Waals surface area contributed by atoms with Crippen molar-refractivity contribution in [1.29, 1.82) is 0 Å². The van der Waals surface area contributed by atoms with Crippen molar-refractivity contribution in [3.8, 4) is 0 Å². The number of rotatable bonds is 3. The Morgan fingerprint density at radius 2 is 2.14 bits per heavy atom. The van der Waals surface area contributed by atoms with Crippen molar-refractivity contribution in [3.63, 3.8) is 0 Å². The van der Waals surface area contributed by atoms with Gasteiger partial charge in [0, 0.05) is 18.7 Å². The molecule has 2 atom stereocenters. The number of fused-ring (bicyclic) bond motifs is 1. The first-order valence-electron chi connectivity index (χ1n) is 7.91. The van der Waals surface area contributed by atoms with E-state index in [1.54, 1.807) is 6.33 Å². The van der Waals surface area contributed by atoms with Gasteiger partial charge in [-0.3, -0.25) is 0 Å². The summed E-state index contributed by atoms with van der Waals surface area (Å²) in [5.74, 6) is 0.229. The molecular weight excluding hydrogens is 280 g/mol. The molecule has 1 aromatic rings. The van der Waals surface area contributed by atoms with E-state index in [2.05, 4.69) is 41.4 Å². The van der Waals surface area contributed by atoms with E-state index in [0.717, 1.165) is 24.4 Å². The third-order valence-electron chi connectivity index (χ3n) is 4.04. The summed E-state index contributed by atoms with van der Waals surface area (Å²) in [4.78, 5) is 19.9. The molecule has 2 heterocycles. The van der Waals surface area contributed by atoms with Gasteiger partial charge in [0.2, 0.25) is 0 Å². The number of amides is 1. The van der Waals surface area contributed by atoms with Gasteiger partial charge in [0.15, 0.2) is 0 Å². The molecular formula is C16H28N4O2. The standard InChI is InChI=1S/C16H28N4O2/c1-10(2)12(20-14(21)22-15(3,4)5)16(6)13-11(7-8-19-16)17-9-18-13/h9-10,12,19H,7-8H2,1-6H3,(H,17,18)(H,20,21). The first-order valence-corrected chi connectivity index (χ1v) is 7.91. The topological polar surface area (TPSA) is 79.0 Å².